The van der Waals surface area contributed by atoms with E-state index in [1.807, 2.05) is 19.1 Å². The van der Waals surface area contributed by atoms with Crippen LogP contribution in [0.3, 0.4) is 0 Å². The number of benzene rings is 1. The van der Waals surface area contributed by atoms with Crippen molar-refractivity contribution in [2.45, 2.75) is 6.92 Å². The fourth-order valence-electron chi connectivity index (χ4n) is 0.645. The third kappa shape index (κ3) is 3.91. The predicted octanol–water partition coefficient (Wildman–Crippen LogP) is 2.11. The fraction of sp³-hybridized carbons (Fsp3) is 0.111. The van der Waals surface area contributed by atoms with Gasteiger partial charge in [0, 0.05) is 0 Å². The van der Waals surface area contributed by atoms with Gasteiger partial charge in [0.15, 0.2) is 0 Å². The van der Waals surface area contributed by atoms with Gasteiger partial charge in [-0.15, -0.1) is 29.8 Å². The third-order valence-electron chi connectivity index (χ3n) is 1.08. The van der Waals surface area contributed by atoms with Crippen LogP contribution in [0, 0.1) is 31.7 Å². The zero-order valence-corrected chi connectivity index (χ0v) is 9.85. The standard InChI is InChI=1S/C8H6N.CH3.Zn/c1-7-3-2-4-8(5-7)6-9;;/h2-3,5H,1H3;1H3;/q2*-1;+2. The second-order valence-electron chi connectivity index (χ2n) is 1.89. The Bertz CT molecular complexity index is 250. The summed E-state index contributed by atoms with van der Waals surface area (Å²) in [6.45, 7) is 1.95. The largest absolute Gasteiger partial charge is 2.00 e. The Morgan fingerprint density at radius 2 is 2.18 bits per heavy atom. The number of nitrogens with zero attached hydrogens (tertiary/aromatic N) is 1. The first-order chi connectivity index (χ1) is 4.33. The SMILES string of the molecule is Cc1cc[c-]c(C#N)c1.[CH3-].[Zn+2]. The number of aryl methyl sites for hydroxylation is 1. The van der Waals surface area contributed by atoms with Crippen molar-refractivity contribution in [1.29, 1.82) is 5.26 Å². The second-order valence-corrected chi connectivity index (χ2v) is 1.89. The summed E-state index contributed by atoms with van der Waals surface area (Å²) in [6, 6.07) is 10.3. The maximum Gasteiger partial charge on any atom is 2.00 e. The second kappa shape index (κ2) is 6.07. The van der Waals surface area contributed by atoms with Crippen molar-refractivity contribution in [1.82, 2.24) is 0 Å². The Morgan fingerprint density at radius 1 is 1.55 bits per heavy atom. The van der Waals surface area contributed by atoms with Crippen LogP contribution in [0.4, 0.5) is 0 Å². The minimum absolute atomic E-state index is 0. The van der Waals surface area contributed by atoms with E-state index in [2.05, 4.69) is 6.07 Å². The Hall–Kier alpha value is -0.667. The van der Waals surface area contributed by atoms with Gasteiger partial charge in [-0.3, -0.25) is 5.26 Å². The van der Waals surface area contributed by atoms with Gasteiger partial charge >= 0.3 is 19.5 Å². The van der Waals surface area contributed by atoms with Gasteiger partial charge < -0.3 is 7.43 Å². The third-order valence-corrected chi connectivity index (χ3v) is 1.08. The summed E-state index contributed by atoms with van der Waals surface area (Å²) >= 11 is 0. The zero-order chi connectivity index (χ0) is 6.69. The van der Waals surface area contributed by atoms with Crippen LogP contribution in [0.25, 0.3) is 0 Å². The smallest absolute Gasteiger partial charge is 0.358 e. The number of hydrogen-bond donors (Lipinski definition) is 0. The molecule has 0 unspecified atom stereocenters. The summed E-state index contributed by atoms with van der Waals surface area (Å²) in [5.74, 6) is 0. The van der Waals surface area contributed by atoms with E-state index in [1.54, 1.807) is 12.1 Å². The first-order valence-electron chi connectivity index (χ1n) is 2.71. The average Bonchev–Trinajstić information content (AvgIpc) is 1.88. The summed E-state index contributed by atoms with van der Waals surface area (Å²) in [4.78, 5) is 0. The molecule has 1 aromatic rings. The molecule has 1 nitrogen and oxygen atoms in total. The topological polar surface area (TPSA) is 23.8 Å². The van der Waals surface area contributed by atoms with Crippen molar-refractivity contribution in [3.8, 4) is 6.07 Å². The van der Waals surface area contributed by atoms with Crippen molar-refractivity contribution in [2.24, 2.45) is 0 Å². The van der Waals surface area contributed by atoms with E-state index in [0.29, 0.717) is 5.56 Å². The normalized spacial score (nSPS) is 6.91. The van der Waals surface area contributed by atoms with E-state index < -0.39 is 0 Å². The minimum Gasteiger partial charge on any atom is -0.358 e. The Balaban J connectivity index is 0. The van der Waals surface area contributed by atoms with Gasteiger partial charge in [0.1, 0.15) is 0 Å². The van der Waals surface area contributed by atoms with Crippen LogP contribution in [-0.2, 0) is 19.5 Å². The molecule has 0 saturated heterocycles. The van der Waals surface area contributed by atoms with E-state index in [0.717, 1.165) is 5.56 Å². The summed E-state index contributed by atoms with van der Waals surface area (Å²) in [5.41, 5.74) is 1.71. The fourth-order valence-corrected chi connectivity index (χ4v) is 0.645. The molecule has 1 aromatic carbocycles. The van der Waals surface area contributed by atoms with Crippen molar-refractivity contribution in [3.05, 3.63) is 42.8 Å². The molecule has 52 valence electrons. The van der Waals surface area contributed by atoms with E-state index in [1.165, 1.54) is 0 Å². The molecule has 0 N–H and O–H groups in total. The molecule has 0 spiro atoms. The van der Waals surface area contributed by atoms with Crippen LogP contribution < -0.4 is 0 Å². The molecule has 0 atom stereocenters. The molecular weight excluding hydrogens is 187 g/mol. The summed E-state index contributed by atoms with van der Waals surface area (Å²) in [5, 5.41) is 8.38. The predicted molar refractivity (Wildman–Crippen MR) is 41.1 cm³/mol. The van der Waals surface area contributed by atoms with Gasteiger partial charge in [0.05, 0.1) is 0 Å². The molecule has 0 amide bonds. The van der Waals surface area contributed by atoms with Gasteiger partial charge in [-0.05, 0) is 6.07 Å². The van der Waals surface area contributed by atoms with Crippen LogP contribution in [0.5, 0.6) is 0 Å². The molecule has 2 heteroatoms. The van der Waals surface area contributed by atoms with Crippen LogP contribution in [-0.4, -0.2) is 0 Å². The Kier molecular flexibility index (Phi) is 7.15. The maximum atomic E-state index is 8.38. The molecule has 0 aliphatic rings. The van der Waals surface area contributed by atoms with Crippen molar-refractivity contribution in [2.75, 3.05) is 0 Å². The maximum absolute atomic E-state index is 8.38. The van der Waals surface area contributed by atoms with Crippen LogP contribution in [0.15, 0.2) is 18.2 Å². The first kappa shape index (κ1) is 13.0. The summed E-state index contributed by atoms with van der Waals surface area (Å²) in [6.07, 6.45) is 0. The van der Waals surface area contributed by atoms with Gasteiger partial charge in [-0.2, -0.15) is 0 Å². The number of hydrogen-bond acceptors (Lipinski definition) is 1. The molecule has 0 aromatic heterocycles. The first-order valence-corrected chi connectivity index (χ1v) is 2.71. The molecule has 11 heavy (non-hydrogen) atoms. The summed E-state index contributed by atoms with van der Waals surface area (Å²) < 4.78 is 0. The minimum atomic E-state index is 0. The quantitative estimate of drug-likeness (QED) is 0.461. The number of rotatable bonds is 0. The van der Waals surface area contributed by atoms with Gasteiger partial charge in [-0.25, -0.2) is 0 Å². The van der Waals surface area contributed by atoms with E-state index in [9.17, 15) is 0 Å². The number of nitriles is 1. The Morgan fingerprint density at radius 3 is 2.55 bits per heavy atom. The van der Waals surface area contributed by atoms with Crippen LogP contribution >= 0.6 is 0 Å². The van der Waals surface area contributed by atoms with Crippen molar-refractivity contribution in [3.63, 3.8) is 0 Å². The molecule has 1 rings (SSSR count). The molecular formula is C9H9NZn. The molecule has 0 radical (unpaired) electrons. The van der Waals surface area contributed by atoms with Gasteiger partial charge in [-0.1, -0.05) is 12.5 Å². The Labute approximate surface area is 80.8 Å². The monoisotopic (exact) mass is 195 g/mol. The molecule has 0 aliphatic carbocycles. The molecule has 0 bridgehead atoms. The van der Waals surface area contributed by atoms with Gasteiger partial charge in [0.25, 0.3) is 0 Å². The molecule has 0 aliphatic heterocycles. The van der Waals surface area contributed by atoms with E-state index in [-0.39, 0.29) is 26.9 Å². The molecule has 0 heterocycles. The molecule has 0 fully saturated rings. The zero-order valence-electron chi connectivity index (χ0n) is 6.89. The summed E-state index contributed by atoms with van der Waals surface area (Å²) in [7, 11) is 0. The van der Waals surface area contributed by atoms with E-state index in [4.69, 9.17) is 5.26 Å². The average molecular weight is 197 g/mol. The van der Waals surface area contributed by atoms with Gasteiger partial charge in [0.2, 0.25) is 0 Å². The van der Waals surface area contributed by atoms with Crippen molar-refractivity contribution < 1.29 is 19.5 Å². The van der Waals surface area contributed by atoms with E-state index >= 15 is 0 Å². The van der Waals surface area contributed by atoms with Crippen molar-refractivity contribution >= 4 is 0 Å². The van der Waals surface area contributed by atoms with Crippen LogP contribution in [0.1, 0.15) is 11.1 Å². The molecule has 0 saturated carbocycles. The van der Waals surface area contributed by atoms with Crippen LogP contribution in [0.2, 0.25) is 0 Å².